The highest BCUT2D eigenvalue weighted by atomic mass is 32.2. The van der Waals surface area contributed by atoms with Gasteiger partial charge >= 0.3 is 0 Å². The Hall–Kier alpha value is -3.63. The monoisotopic (exact) mass is 658 g/mol. The van der Waals surface area contributed by atoms with E-state index in [-0.39, 0.29) is 17.7 Å². The zero-order valence-corrected chi connectivity index (χ0v) is 28.6. The van der Waals surface area contributed by atoms with E-state index in [2.05, 4.69) is 51.1 Å². The number of fused-ring (bicyclic) bond motifs is 6. The van der Waals surface area contributed by atoms with E-state index in [1.54, 1.807) is 21.0 Å². The fourth-order valence-corrected chi connectivity index (χ4v) is 8.97. The van der Waals surface area contributed by atoms with Crippen LogP contribution in [0.15, 0.2) is 65.3 Å². The lowest BCUT2D eigenvalue weighted by atomic mass is 9.75. The minimum Gasteiger partial charge on any atom is -0.496 e. The van der Waals surface area contributed by atoms with Crippen molar-refractivity contribution >= 4 is 32.7 Å². The van der Waals surface area contributed by atoms with E-state index in [0.29, 0.717) is 37.5 Å². The third kappa shape index (κ3) is 5.57. The molecule has 3 aliphatic carbocycles. The maximum Gasteiger partial charge on any atom is 0.265 e. The fourth-order valence-electron chi connectivity index (χ4n) is 8.37. The molecular weight excluding hydrogens is 612 g/mol. The van der Waals surface area contributed by atoms with Crippen molar-refractivity contribution in [3.8, 4) is 5.75 Å². The first kappa shape index (κ1) is 31.9. The molecule has 1 aromatic carbocycles. The van der Waals surface area contributed by atoms with Crippen molar-refractivity contribution in [3.05, 3.63) is 76.6 Å². The molecule has 2 aromatic rings. The van der Waals surface area contributed by atoms with Crippen molar-refractivity contribution in [3.63, 3.8) is 0 Å². The van der Waals surface area contributed by atoms with Crippen LogP contribution in [-0.2, 0) is 26.2 Å². The highest BCUT2D eigenvalue weighted by Crippen LogP contribution is 2.55. The summed E-state index contributed by atoms with van der Waals surface area (Å²) in [5.74, 6) is 0.140. The van der Waals surface area contributed by atoms with Gasteiger partial charge in [0.05, 0.1) is 29.4 Å². The third-order valence-electron chi connectivity index (χ3n) is 11.0. The van der Waals surface area contributed by atoms with Crippen LogP contribution in [0.3, 0.4) is 0 Å². The molecule has 47 heavy (non-hydrogen) atoms. The van der Waals surface area contributed by atoms with Crippen LogP contribution in [0.1, 0.15) is 75.5 Å². The Balaban J connectivity index is 1.37. The molecule has 1 saturated carbocycles. The van der Waals surface area contributed by atoms with Crippen molar-refractivity contribution in [1.29, 1.82) is 0 Å². The smallest absolute Gasteiger partial charge is 0.265 e. The SMILES string of the molecule is C=CCN1CCN(C(=O)[C@@H]2CC=CC3=C4C(=C4C(=O)NS(=O)(=O)C(C)C)Cn4c(cc5c(OC)ccc(C6CCCCC6)c54)C32)CC1. The number of hydrogen-bond acceptors (Lipinski definition) is 6. The van der Waals surface area contributed by atoms with Crippen molar-refractivity contribution in [1.82, 2.24) is 19.1 Å². The molecular formula is C37H46N4O5S. The van der Waals surface area contributed by atoms with E-state index in [9.17, 15) is 18.0 Å². The summed E-state index contributed by atoms with van der Waals surface area (Å²) in [6, 6.07) is 6.51. The van der Waals surface area contributed by atoms with Crippen molar-refractivity contribution < 1.29 is 22.7 Å². The zero-order chi connectivity index (χ0) is 33.0. The molecule has 2 aliphatic heterocycles. The molecule has 1 aromatic heterocycles. The van der Waals surface area contributed by atoms with E-state index < -0.39 is 21.2 Å². The van der Waals surface area contributed by atoms with Crippen LogP contribution in [-0.4, -0.2) is 79.7 Å². The van der Waals surface area contributed by atoms with Gasteiger partial charge in [0.25, 0.3) is 5.91 Å². The Morgan fingerprint density at radius 1 is 1.11 bits per heavy atom. The number of carbonyl (C=O) groups is 2. The molecule has 1 N–H and O–H groups in total. The van der Waals surface area contributed by atoms with E-state index in [1.807, 2.05) is 11.0 Å². The first-order chi connectivity index (χ1) is 22.6. The van der Waals surface area contributed by atoms with Crippen LogP contribution >= 0.6 is 0 Å². The fraction of sp³-hybridized carbons (Fsp3) is 0.514. The number of piperazine rings is 1. The average Bonchev–Trinajstić information content (AvgIpc) is 3.70. The molecule has 7 rings (SSSR count). The van der Waals surface area contributed by atoms with Crippen molar-refractivity contribution in [2.45, 2.75) is 76.0 Å². The second-order valence-corrected chi connectivity index (χ2v) is 16.2. The molecule has 2 amide bonds. The zero-order valence-electron chi connectivity index (χ0n) is 27.8. The first-order valence-electron chi connectivity index (χ1n) is 17.2. The molecule has 1 unspecified atom stereocenters. The van der Waals surface area contributed by atoms with Gasteiger partial charge in [0.15, 0.2) is 0 Å². The molecule has 5 aliphatic rings. The lowest BCUT2D eigenvalue weighted by Crippen LogP contribution is -2.51. The van der Waals surface area contributed by atoms with Gasteiger partial charge in [0, 0.05) is 56.3 Å². The summed E-state index contributed by atoms with van der Waals surface area (Å²) in [4.78, 5) is 32.4. The van der Waals surface area contributed by atoms with Gasteiger partial charge in [0.1, 0.15) is 5.75 Å². The number of hydrogen-bond donors (Lipinski definition) is 1. The van der Waals surface area contributed by atoms with Gasteiger partial charge in [-0.2, -0.15) is 0 Å². The van der Waals surface area contributed by atoms with Gasteiger partial charge in [-0.3, -0.25) is 14.5 Å². The quantitative estimate of drug-likeness (QED) is 0.394. The lowest BCUT2D eigenvalue weighted by Gasteiger charge is -2.38. The normalized spacial score (nSPS) is 23.4. The van der Waals surface area contributed by atoms with Gasteiger partial charge in [-0.05, 0) is 73.4 Å². The van der Waals surface area contributed by atoms with Gasteiger partial charge < -0.3 is 14.2 Å². The highest BCUT2D eigenvalue weighted by molar-refractivity contribution is 7.90. The van der Waals surface area contributed by atoms with Crippen LogP contribution in [0.4, 0.5) is 0 Å². The Morgan fingerprint density at radius 3 is 2.53 bits per heavy atom. The molecule has 10 heteroatoms. The van der Waals surface area contributed by atoms with Crippen LogP contribution in [0.5, 0.6) is 5.75 Å². The summed E-state index contributed by atoms with van der Waals surface area (Å²) >= 11 is 0. The summed E-state index contributed by atoms with van der Waals surface area (Å²) in [6.07, 6.45) is 12.5. The van der Waals surface area contributed by atoms with Crippen molar-refractivity contribution in [2.75, 3.05) is 39.8 Å². The summed E-state index contributed by atoms with van der Waals surface area (Å²) < 4.78 is 36.1. The second kappa shape index (κ2) is 12.4. The van der Waals surface area contributed by atoms with E-state index in [1.165, 1.54) is 24.8 Å². The Kier molecular flexibility index (Phi) is 8.45. The molecule has 9 nitrogen and oxygen atoms in total. The number of amides is 2. The number of nitrogens with one attached hydrogen (secondary N) is 1. The number of rotatable bonds is 8. The Labute approximate surface area is 278 Å². The minimum atomic E-state index is -3.81. The number of sulfonamides is 1. The lowest BCUT2D eigenvalue weighted by molar-refractivity contribution is -0.137. The molecule has 250 valence electrons. The average molecular weight is 659 g/mol. The molecule has 2 atom stereocenters. The minimum absolute atomic E-state index is 0.129. The number of benzene rings is 1. The molecule has 0 radical (unpaired) electrons. The summed E-state index contributed by atoms with van der Waals surface area (Å²) in [5, 5.41) is 0.293. The number of nitrogens with zero attached hydrogens (tertiary/aromatic N) is 3. The first-order valence-corrected chi connectivity index (χ1v) is 18.7. The molecule has 3 heterocycles. The van der Waals surface area contributed by atoms with Crippen molar-refractivity contribution in [2.24, 2.45) is 5.92 Å². The molecule has 2 fully saturated rings. The Bertz CT molecular complexity index is 1830. The van der Waals surface area contributed by atoms with E-state index >= 15 is 0 Å². The third-order valence-corrected chi connectivity index (χ3v) is 12.7. The number of aromatic nitrogens is 1. The molecule has 0 spiro atoms. The number of ether oxygens (including phenoxy) is 1. The van der Waals surface area contributed by atoms with Gasteiger partial charge in [-0.25, -0.2) is 13.1 Å². The second-order valence-electron chi connectivity index (χ2n) is 14.0. The molecule has 1 saturated heterocycles. The van der Waals surface area contributed by atoms with Gasteiger partial charge in [-0.1, -0.05) is 43.6 Å². The van der Waals surface area contributed by atoms with Crippen LogP contribution in [0.2, 0.25) is 0 Å². The predicted molar refractivity (Wildman–Crippen MR) is 184 cm³/mol. The summed E-state index contributed by atoms with van der Waals surface area (Å²) in [7, 11) is -2.12. The molecule has 0 bridgehead atoms. The largest absolute Gasteiger partial charge is 0.496 e. The number of methoxy groups -OCH3 is 1. The maximum absolute atomic E-state index is 14.5. The van der Waals surface area contributed by atoms with Crippen LogP contribution in [0.25, 0.3) is 10.9 Å². The van der Waals surface area contributed by atoms with E-state index in [4.69, 9.17) is 4.74 Å². The standard InChI is InChI=1S/C37H46N4O5S/c1-5-16-39-17-19-40(20-18-39)37(43)27-13-9-12-26-32(27)30-21-28-31(46-4)15-14-25(24-10-7-6-8-11-24)35(28)41(30)22-29-33(26)34(29)36(42)38-47(44,45)23(2)3/h5,9,12,14-15,21,23-24,27,32H,1,6-8,10-11,13,16-20,22H2,2-4H3,(H,38,42)/t27-,32?/m1/s1. The predicted octanol–water partition coefficient (Wildman–Crippen LogP) is 5.16. The van der Waals surface area contributed by atoms with Crippen LogP contribution in [0, 0.1) is 5.92 Å². The maximum atomic E-state index is 14.5. The number of allylic oxidation sites excluding steroid dienone is 4. The summed E-state index contributed by atoms with van der Waals surface area (Å²) in [6.45, 7) is 11.2. The van der Waals surface area contributed by atoms with Gasteiger partial charge in [0.2, 0.25) is 15.9 Å². The van der Waals surface area contributed by atoms with Gasteiger partial charge in [-0.15, -0.1) is 6.58 Å². The summed E-state index contributed by atoms with van der Waals surface area (Å²) in [5.41, 5.74) is 6.51. The Morgan fingerprint density at radius 2 is 1.85 bits per heavy atom. The topological polar surface area (TPSA) is 101 Å². The van der Waals surface area contributed by atoms with E-state index in [0.717, 1.165) is 71.5 Å². The number of carbonyl (C=O) groups excluding carboxylic acids is 2. The highest BCUT2D eigenvalue weighted by Gasteiger charge is 2.48. The van der Waals surface area contributed by atoms with Crippen LogP contribution < -0.4 is 9.46 Å².